The molecule has 0 spiro atoms. The largest absolute Gasteiger partial charge is 0.368 e. The van der Waals surface area contributed by atoms with Crippen LogP contribution in [0.15, 0.2) is 30.3 Å². The van der Waals surface area contributed by atoms with Gasteiger partial charge in [-0.15, -0.1) is 0 Å². The third kappa shape index (κ3) is 3.18. The highest BCUT2D eigenvalue weighted by molar-refractivity contribution is 5.89. The van der Waals surface area contributed by atoms with E-state index in [0.29, 0.717) is 0 Å². The second-order valence-electron chi connectivity index (χ2n) is 5.63. The summed E-state index contributed by atoms with van der Waals surface area (Å²) < 4.78 is 0. The number of benzene rings is 1. The van der Waals surface area contributed by atoms with Crippen molar-refractivity contribution in [1.82, 2.24) is 5.32 Å². The highest BCUT2D eigenvalue weighted by Gasteiger charge is 2.44. The van der Waals surface area contributed by atoms with Crippen molar-refractivity contribution in [2.24, 2.45) is 17.6 Å². The SMILES string of the molecule is CCC(C)[C@H](NC(=O)[C@@H]1C[C@@H]1c1ccccc1)C(N)=O. The first kappa shape index (κ1) is 14.6. The number of hydrogen-bond acceptors (Lipinski definition) is 2. The van der Waals surface area contributed by atoms with E-state index in [4.69, 9.17) is 5.73 Å². The maximum atomic E-state index is 12.2. The quantitative estimate of drug-likeness (QED) is 0.830. The molecule has 0 bridgehead atoms. The van der Waals surface area contributed by atoms with E-state index in [9.17, 15) is 9.59 Å². The number of rotatable bonds is 6. The average molecular weight is 274 g/mol. The summed E-state index contributed by atoms with van der Waals surface area (Å²) in [5.41, 5.74) is 6.56. The van der Waals surface area contributed by atoms with Gasteiger partial charge in [-0.05, 0) is 23.8 Å². The molecule has 4 atom stereocenters. The first-order valence-electron chi connectivity index (χ1n) is 7.19. The van der Waals surface area contributed by atoms with Crippen LogP contribution in [0.2, 0.25) is 0 Å². The summed E-state index contributed by atoms with van der Waals surface area (Å²) in [6.45, 7) is 3.91. The number of primary amides is 1. The van der Waals surface area contributed by atoms with Gasteiger partial charge in [-0.2, -0.15) is 0 Å². The van der Waals surface area contributed by atoms with Crippen LogP contribution in [0.1, 0.15) is 38.2 Å². The molecule has 0 heterocycles. The lowest BCUT2D eigenvalue weighted by molar-refractivity contribution is -0.129. The zero-order valence-electron chi connectivity index (χ0n) is 12.0. The normalized spacial score (nSPS) is 23.7. The third-order valence-corrected chi connectivity index (χ3v) is 4.17. The Morgan fingerprint density at radius 1 is 1.35 bits per heavy atom. The van der Waals surface area contributed by atoms with Gasteiger partial charge >= 0.3 is 0 Å². The van der Waals surface area contributed by atoms with Gasteiger partial charge < -0.3 is 11.1 Å². The molecule has 4 heteroatoms. The van der Waals surface area contributed by atoms with Gasteiger partial charge in [-0.3, -0.25) is 9.59 Å². The van der Waals surface area contributed by atoms with Crippen molar-refractivity contribution in [3.8, 4) is 0 Å². The minimum absolute atomic E-state index is 0.0247. The number of amides is 2. The lowest BCUT2D eigenvalue weighted by atomic mass is 9.98. The lowest BCUT2D eigenvalue weighted by Crippen LogP contribution is -2.48. The zero-order chi connectivity index (χ0) is 14.7. The number of hydrogen-bond donors (Lipinski definition) is 2. The molecule has 1 fully saturated rings. The Labute approximate surface area is 119 Å². The van der Waals surface area contributed by atoms with Crippen molar-refractivity contribution < 1.29 is 9.59 Å². The molecule has 1 aromatic rings. The minimum Gasteiger partial charge on any atom is -0.368 e. The van der Waals surface area contributed by atoms with Crippen LogP contribution in [-0.4, -0.2) is 17.9 Å². The van der Waals surface area contributed by atoms with E-state index < -0.39 is 11.9 Å². The Morgan fingerprint density at radius 2 is 2.00 bits per heavy atom. The summed E-state index contributed by atoms with van der Waals surface area (Å²) in [6.07, 6.45) is 1.66. The average Bonchev–Trinajstić information content (AvgIpc) is 3.25. The van der Waals surface area contributed by atoms with Gasteiger partial charge in [0.2, 0.25) is 11.8 Å². The Balaban J connectivity index is 1.95. The van der Waals surface area contributed by atoms with Crippen molar-refractivity contribution in [2.75, 3.05) is 0 Å². The van der Waals surface area contributed by atoms with E-state index in [1.165, 1.54) is 5.56 Å². The summed E-state index contributed by atoms with van der Waals surface area (Å²) >= 11 is 0. The van der Waals surface area contributed by atoms with Gasteiger partial charge in [-0.25, -0.2) is 0 Å². The van der Waals surface area contributed by atoms with Crippen LogP contribution in [0.3, 0.4) is 0 Å². The van der Waals surface area contributed by atoms with E-state index >= 15 is 0 Å². The van der Waals surface area contributed by atoms with Crippen LogP contribution >= 0.6 is 0 Å². The highest BCUT2D eigenvalue weighted by atomic mass is 16.2. The molecule has 1 aliphatic rings. The van der Waals surface area contributed by atoms with Crippen LogP contribution in [0, 0.1) is 11.8 Å². The molecule has 1 saturated carbocycles. The summed E-state index contributed by atoms with van der Waals surface area (Å²) in [5.74, 6) is -0.192. The lowest BCUT2D eigenvalue weighted by Gasteiger charge is -2.21. The van der Waals surface area contributed by atoms with Crippen molar-refractivity contribution in [3.63, 3.8) is 0 Å². The van der Waals surface area contributed by atoms with Gasteiger partial charge in [0.1, 0.15) is 6.04 Å². The van der Waals surface area contributed by atoms with Crippen LogP contribution in [0.5, 0.6) is 0 Å². The van der Waals surface area contributed by atoms with Crippen LogP contribution in [0.25, 0.3) is 0 Å². The van der Waals surface area contributed by atoms with Crippen molar-refractivity contribution in [2.45, 2.75) is 38.6 Å². The smallest absolute Gasteiger partial charge is 0.240 e. The zero-order valence-corrected chi connectivity index (χ0v) is 12.0. The van der Waals surface area contributed by atoms with Gasteiger partial charge in [0.25, 0.3) is 0 Å². The summed E-state index contributed by atoms with van der Waals surface area (Å²) in [4.78, 5) is 23.6. The molecule has 3 N–H and O–H groups in total. The first-order valence-corrected chi connectivity index (χ1v) is 7.19. The van der Waals surface area contributed by atoms with E-state index in [2.05, 4.69) is 5.32 Å². The predicted octanol–water partition coefficient (Wildman–Crippen LogP) is 1.81. The third-order valence-electron chi connectivity index (χ3n) is 4.17. The standard InChI is InChI=1S/C16H22N2O2/c1-3-10(2)14(15(17)19)18-16(20)13-9-12(13)11-7-5-4-6-8-11/h4-8,10,12-14H,3,9H2,1-2H3,(H2,17,19)(H,18,20)/t10?,12-,13-,14+/m1/s1. The monoisotopic (exact) mass is 274 g/mol. The minimum atomic E-state index is -0.565. The molecule has 108 valence electrons. The Morgan fingerprint density at radius 3 is 2.55 bits per heavy atom. The fraction of sp³-hybridized carbons (Fsp3) is 0.500. The molecule has 2 amide bonds. The molecule has 1 aliphatic carbocycles. The van der Waals surface area contributed by atoms with E-state index in [0.717, 1.165) is 12.8 Å². The molecular formula is C16H22N2O2. The second-order valence-corrected chi connectivity index (χ2v) is 5.63. The molecule has 0 radical (unpaired) electrons. The molecule has 0 saturated heterocycles. The van der Waals surface area contributed by atoms with Crippen molar-refractivity contribution >= 4 is 11.8 Å². The Kier molecular flexibility index (Phi) is 4.42. The maximum absolute atomic E-state index is 12.2. The molecule has 0 aromatic heterocycles. The number of nitrogens with one attached hydrogen (secondary N) is 1. The molecule has 20 heavy (non-hydrogen) atoms. The molecular weight excluding hydrogens is 252 g/mol. The summed E-state index contributed by atoms with van der Waals surface area (Å²) in [6, 6.07) is 9.44. The molecule has 1 unspecified atom stereocenters. The summed E-state index contributed by atoms with van der Waals surface area (Å²) in [7, 11) is 0. The van der Waals surface area contributed by atoms with Crippen LogP contribution in [-0.2, 0) is 9.59 Å². The fourth-order valence-electron chi connectivity index (χ4n) is 2.54. The highest BCUT2D eigenvalue weighted by Crippen LogP contribution is 2.47. The van der Waals surface area contributed by atoms with Crippen LogP contribution < -0.4 is 11.1 Å². The van der Waals surface area contributed by atoms with E-state index in [1.807, 2.05) is 44.2 Å². The molecule has 2 rings (SSSR count). The van der Waals surface area contributed by atoms with Crippen LogP contribution in [0.4, 0.5) is 0 Å². The maximum Gasteiger partial charge on any atom is 0.240 e. The van der Waals surface area contributed by atoms with Gasteiger partial charge in [0.05, 0.1) is 0 Å². The van der Waals surface area contributed by atoms with Gasteiger partial charge in [-0.1, -0.05) is 50.6 Å². The topological polar surface area (TPSA) is 72.2 Å². The molecule has 4 nitrogen and oxygen atoms in total. The fourth-order valence-corrected chi connectivity index (χ4v) is 2.54. The van der Waals surface area contributed by atoms with E-state index in [1.54, 1.807) is 0 Å². The van der Waals surface area contributed by atoms with Gasteiger partial charge in [0.15, 0.2) is 0 Å². The van der Waals surface area contributed by atoms with Gasteiger partial charge in [0, 0.05) is 5.92 Å². The first-order chi connectivity index (χ1) is 9.54. The number of carbonyl (C=O) groups is 2. The summed E-state index contributed by atoms with van der Waals surface area (Å²) in [5, 5.41) is 2.82. The van der Waals surface area contributed by atoms with Crippen molar-refractivity contribution in [1.29, 1.82) is 0 Å². The Hall–Kier alpha value is -1.84. The molecule has 1 aromatic carbocycles. The van der Waals surface area contributed by atoms with Crippen molar-refractivity contribution in [3.05, 3.63) is 35.9 Å². The second kappa shape index (κ2) is 6.07. The van der Waals surface area contributed by atoms with E-state index in [-0.39, 0.29) is 23.7 Å². The Bertz CT molecular complexity index is 487. The number of nitrogens with two attached hydrogens (primary N) is 1. The molecule has 0 aliphatic heterocycles. The number of carbonyl (C=O) groups excluding carboxylic acids is 2. The predicted molar refractivity (Wildman–Crippen MR) is 77.9 cm³/mol.